The fraction of sp³-hybridized carbons (Fsp3) is 0.333. The summed E-state index contributed by atoms with van der Waals surface area (Å²) in [4.78, 5) is 22.4. The van der Waals surface area contributed by atoms with Gasteiger partial charge >= 0.3 is 6.18 Å². The summed E-state index contributed by atoms with van der Waals surface area (Å²) in [5, 5.41) is 4.57. The molecule has 1 rings (SSSR count). The van der Waals surface area contributed by atoms with Crippen molar-refractivity contribution in [3.05, 3.63) is 24.3 Å². The molecule has 0 fully saturated rings. The van der Waals surface area contributed by atoms with Crippen LogP contribution in [0.3, 0.4) is 0 Å². The summed E-state index contributed by atoms with van der Waals surface area (Å²) in [6.45, 7) is -2.08. The van der Waals surface area contributed by atoms with Gasteiger partial charge < -0.3 is 21.1 Å². The fourth-order valence-corrected chi connectivity index (χ4v) is 1.30. The van der Waals surface area contributed by atoms with Crippen molar-refractivity contribution in [3.8, 4) is 5.75 Å². The van der Waals surface area contributed by atoms with E-state index in [4.69, 9.17) is 5.73 Å². The van der Waals surface area contributed by atoms with Crippen molar-refractivity contribution < 1.29 is 27.5 Å². The van der Waals surface area contributed by atoms with E-state index in [1.807, 2.05) is 0 Å². The number of alkyl halides is 3. The molecule has 116 valence electrons. The minimum absolute atomic E-state index is 0.0775. The van der Waals surface area contributed by atoms with Crippen LogP contribution in [0.2, 0.25) is 0 Å². The van der Waals surface area contributed by atoms with Gasteiger partial charge in [0.2, 0.25) is 11.8 Å². The van der Waals surface area contributed by atoms with Gasteiger partial charge in [0, 0.05) is 0 Å². The third-order valence-corrected chi connectivity index (χ3v) is 2.18. The molecular formula is C12H14F3N3O3. The van der Waals surface area contributed by atoms with Gasteiger partial charge in [-0.05, 0) is 12.1 Å². The summed E-state index contributed by atoms with van der Waals surface area (Å²) in [6, 6.07) is 5.67. The van der Waals surface area contributed by atoms with Crippen molar-refractivity contribution in [2.45, 2.75) is 6.18 Å². The first-order chi connectivity index (χ1) is 9.81. The predicted molar refractivity (Wildman–Crippen MR) is 68.7 cm³/mol. The molecule has 0 bridgehead atoms. The molecule has 0 saturated carbocycles. The van der Waals surface area contributed by atoms with Gasteiger partial charge in [0.1, 0.15) is 5.75 Å². The number of carbonyl (C=O) groups is 2. The maximum atomic E-state index is 12.1. The number of nitrogens with one attached hydrogen (secondary N) is 2. The van der Waals surface area contributed by atoms with Crippen LogP contribution in [0.15, 0.2) is 24.3 Å². The fourth-order valence-electron chi connectivity index (χ4n) is 1.30. The lowest BCUT2D eigenvalue weighted by molar-refractivity contribution is -0.153. The highest BCUT2D eigenvalue weighted by Crippen LogP contribution is 2.26. The lowest BCUT2D eigenvalue weighted by atomic mass is 10.3. The summed E-state index contributed by atoms with van der Waals surface area (Å²) in [5.74, 6) is -1.25. The molecule has 6 nitrogen and oxygen atoms in total. The molecule has 4 N–H and O–H groups in total. The Labute approximate surface area is 118 Å². The number of rotatable bonds is 6. The number of benzene rings is 1. The maximum Gasteiger partial charge on any atom is 0.422 e. The Bertz CT molecular complexity index is 506. The van der Waals surface area contributed by atoms with E-state index in [0.29, 0.717) is 0 Å². The lowest BCUT2D eigenvalue weighted by Gasteiger charge is -2.13. The summed E-state index contributed by atoms with van der Waals surface area (Å²) in [7, 11) is 0. The first-order valence-electron chi connectivity index (χ1n) is 5.87. The van der Waals surface area contributed by atoms with E-state index in [1.54, 1.807) is 0 Å². The van der Waals surface area contributed by atoms with Gasteiger partial charge in [-0.15, -0.1) is 0 Å². The Kier molecular flexibility index (Phi) is 5.97. The van der Waals surface area contributed by atoms with E-state index in [-0.39, 0.29) is 24.5 Å². The van der Waals surface area contributed by atoms with Crippen LogP contribution in [0.25, 0.3) is 0 Å². The highest BCUT2D eigenvalue weighted by atomic mass is 19.4. The van der Waals surface area contributed by atoms with Crippen LogP contribution in [0.5, 0.6) is 5.75 Å². The van der Waals surface area contributed by atoms with Crippen LogP contribution in [0, 0.1) is 0 Å². The van der Waals surface area contributed by atoms with E-state index in [1.165, 1.54) is 24.3 Å². The minimum atomic E-state index is -4.48. The summed E-state index contributed by atoms with van der Waals surface area (Å²) in [5.41, 5.74) is 5.12. The Hall–Kier alpha value is -2.29. The Morgan fingerprint density at radius 1 is 1.19 bits per heavy atom. The Morgan fingerprint density at radius 2 is 1.86 bits per heavy atom. The van der Waals surface area contributed by atoms with Crippen LogP contribution in [-0.4, -0.2) is 37.7 Å². The monoisotopic (exact) mass is 305 g/mol. The summed E-state index contributed by atoms with van der Waals surface area (Å²) >= 11 is 0. The highest BCUT2D eigenvalue weighted by Gasteiger charge is 2.28. The van der Waals surface area contributed by atoms with E-state index >= 15 is 0 Å². The van der Waals surface area contributed by atoms with Crippen molar-refractivity contribution in [3.63, 3.8) is 0 Å². The number of nitrogens with two attached hydrogens (primary N) is 1. The lowest BCUT2D eigenvalue weighted by Crippen LogP contribution is -2.36. The zero-order valence-corrected chi connectivity index (χ0v) is 10.9. The van der Waals surface area contributed by atoms with Gasteiger partial charge in [-0.1, -0.05) is 12.1 Å². The van der Waals surface area contributed by atoms with Crippen molar-refractivity contribution in [1.29, 1.82) is 0 Å². The number of hydrogen-bond donors (Lipinski definition) is 3. The van der Waals surface area contributed by atoms with Gasteiger partial charge in [-0.2, -0.15) is 13.2 Å². The number of halogens is 3. The molecule has 1 aromatic carbocycles. The van der Waals surface area contributed by atoms with Crippen molar-refractivity contribution in [2.24, 2.45) is 5.73 Å². The number of amides is 2. The quantitative estimate of drug-likeness (QED) is 0.719. The zero-order chi connectivity index (χ0) is 15.9. The van der Waals surface area contributed by atoms with E-state index < -0.39 is 24.6 Å². The van der Waals surface area contributed by atoms with Crippen molar-refractivity contribution >= 4 is 17.5 Å². The molecule has 0 radical (unpaired) electrons. The second-order valence-electron chi connectivity index (χ2n) is 3.93. The summed E-state index contributed by atoms with van der Waals surface area (Å²) in [6.07, 6.45) is -4.48. The SMILES string of the molecule is NCC(=O)NCC(=O)Nc1ccccc1OCC(F)(F)F. The van der Waals surface area contributed by atoms with E-state index in [2.05, 4.69) is 15.4 Å². The Balaban J connectivity index is 2.62. The van der Waals surface area contributed by atoms with Crippen molar-refractivity contribution in [2.75, 3.05) is 25.0 Å². The van der Waals surface area contributed by atoms with Crippen molar-refractivity contribution in [1.82, 2.24) is 5.32 Å². The topological polar surface area (TPSA) is 93.5 Å². The van der Waals surface area contributed by atoms with Gasteiger partial charge in [-0.3, -0.25) is 9.59 Å². The average Bonchev–Trinajstić information content (AvgIpc) is 2.43. The standard InChI is InChI=1S/C12H14F3N3O3/c13-12(14,15)7-21-9-4-2-1-3-8(9)18-11(20)6-17-10(19)5-16/h1-4H,5-7,16H2,(H,17,19)(H,18,20). The van der Waals surface area contributed by atoms with Crippen LogP contribution in [-0.2, 0) is 9.59 Å². The smallest absolute Gasteiger partial charge is 0.422 e. The number of para-hydroxylation sites is 2. The highest BCUT2D eigenvalue weighted by molar-refractivity contribution is 5.95. The van der Waals surface area contributed by atoms with Crippen LogP contribution in [0.4, 0.5) is 18.9 Å². The number of ether oxygens (including phenoxy) is 1. The molecular weight excluding hydrogens is 291 g/mol. The van der Waals surface area contributed by atoms with Gasteiger partial charge in [0.15, 0.2) is 6.61 Å². The second kappa shape index (κ2) is 7.48. The molecule has 0 aliphatic rings. The number of anilines is 1. The molecule has 9 heteroatoms. The third kappa shape index (κ3) is 6.61. The van der Waals surface area contributed by atoms with Gasteiger partial charge in [0.05, 0.1) is 18.8 Å². The molecule has 0 aromatic heterocycles. The molecule has 1 aromatic rings. The second-order valence-corrected chi connectivity index (χ2v) is 3.93. The predicted octanol–water partition coefficient (Wildman–Crippen LogP) is 0.641. The number of hydrogen-bond acceptors (Lipinski definition) is 4. The molecule has 0 saturated heterocycles. The molecule has 21 heavy (non-hydrogen) atoms. The normalized spacial score (nSPS) is 10.9. The first kappa shape index (κ1) is 16.8. The van der Waals surface area contributed by atoms with E-state index in [0.717, 1.165) is 0 Å². The first-order valence-corrected chi connectivity index (χ1v) is 5.87. The molecule has 2 amide bonds. The molecule has 0 heterocycles. The average molecular weight is 305 g/mol. The molecule has 0 unspecified atom stereocenters. The molecule has 0 aliphatic carbocycles. The summed E-state index contributed by atoms with van der Waals surface area (Å²) < 4.78 is 40.9. The van der Waals surface area contributed by atoms with Gasteiger partial charge in [0.25, 0.3) is 0 Å². The largest absolute Gasteiger partial charge is 0.482 e. The van der Waals surface area contributed by atoms with Crippen LogP contribution in [0.1, 0.15) is 0 Å². The van der Waals surface area contributed by atoms with Crippen LogP contribution < -0.4 is 21.1 Å². The number of carbonyl (C=O) groups excluding carboxylic acids is 2. The van der Waals surface area contributed by atoms with Gasteiger partial charge in [-0.25, -0.2) is 0 Å². The Morgan fingerprint density at radius 3 is 2.48 bits per heavy atom. The van der Waals surface area contributed by atoms with E-state index in [9.17, 15) is 22.8 Å². The zero-order valence-electron chi connectivity index (χ0n) is 10.9. The molecule has 0 atom stereocenters. The molecule has 0 spiro atoms. The van der Waals surface area contributed by atoms with Crippen LogP contribution >= 0.6 is 0 Å². The minimum Gasteiger partial charge on any atom is -0.482 e. The maximum absolute atomic E-state index is 12.1. The third-order valence-electron chi connectivity index (χ3n) is 2.18. The molecule has 0 aliphatic heterocycles.